The Morgan fingerprint density at radius 2 is 2.30 bits per heavy atom. The maximum absolute atomic E-state index is 13.6. The van der Waals surface area contributed by atoms with Crippen LogP contribution in [0.25, 0.3) is 11.4 Å². The summed E-state index contributed by atoms with van der Waals surface area (Å²) in [6.45, 7) is 5.54. The monoisotopic (exact) mass is 320 g/mol. The molecule has 1 atom stereocenters. The molecule has 0 bridgehead atoms. The van der Waals surface area contributed by atoms with E-state index in [9.17, 15) is 4.39 Å². The Morgan fingerprint density at radius 1 is 1.43 bits per heavy atom. The first-order chi connectivity index (χ1) is 11.1. The smallest absolute Gasteiger partial charge is 0.240 e. The number of aromatic nitrogens is 2. The summed E-state index contributed by atoms with van der Waals surface area (Å²) < 4.78 is 24.5. The van der Waals surface area contributed by atoms with Crippen molar-refractivity contribution in [2.24, 2.45) is 0 Å². The molecule has 1 aliphatic heterocycles. The van der Waals surface area contributed by atoms with Crippen LogP contribution in [0.15, 0.2) is 22.7 Å². The van der Waals surface area contributed by atoms with E-state index in [1.54, 1.807) is 19.1 Å². The van der Waals surface area contributed by atoms with E-state index in [4.69, 9.17) is 9.26 Å². The first kappa shape index (κ1) is 16.0. The molecule has 0 unspecified atom stereocenters. The zero-order valence-corrected chi connectivity index (χ0v) is 13.4. The van der Waals surface area contributed by atoms with Crippen LogP contribution in [0.4, 0.5) is 4.39 Å². The second-order valence-corrected chi connectivity index (χ2v) is 5.86. The predicted molar refractivity (Wildman–Crippen MR) is 83.4 cm³/mol. The van der Waals surface area contributed by atoms with Crippen molar-refractivity contribution in [1.82, 2.24) is 20.4 Å². The zero-order chi connectivity index (χ0) is 16.2. The molecule has 7 heteroatoms. The molecular weight excluding hydrogens is 299 g/mol. The standard InChI is InChI=1S/C16H21FN4O2/c1-11-3-4-12(7-14(11)17)16-19-15(23-20-16)9-18-8-13-10-21(2)5-6-22-13/h3-4,7,13,18H,5-6,8-10H2,1-2H3/t13-/m1/s1. The van der Waals surface area contributed by atoms with Gasteiger partial charge in [0.2, 0.25) is 11.7 Å². The molecule has 1 saturated heterocycles. The lowest BCUT2D eigenvalue weighted by molar-refractivity contribution is -0.0184. The first-order valence-corrected chi connectivity index (χ1v) is 7.72. The molecule has 0 radical (unpaired) electrons. The minimum Gasteiger partial charge on any atom is -0.374 e. The third kappa shape index (κ3) is 4.13. The van der Waals surface area contributed by atoms with Gasteiger partial charge in [-0.1, -0.05) is 17.3 Å². The maximum Gasteiger partial charge on any atom is 0.240 e. The molecule has 0 amide bonds. The molecule has 0 aliphatic carbocycles. The number of nitrogens with one attached hydrogen (secondary N) is 1. The van der Waals surface area contributed by atoms with Crippen molar-refractivity contribution in [3.63, 3.8) is 0 Å². The van der Waals surface area contributed by atoms with E-state index in [2.05, 4.69) is 27.4 Å². The Hall–Kier alpha value is -1.83. The summed E-state index contributed by atoms with van der Waals surface area (Å²) >= 11 is 0. The molecular formula is C16H21FN4O2. The summed E-state index contributed by atoms with van der Waals surface area (Å²) in [5.41, 5.74) is 1.21. The zero-order valence-electron chi connectivity index (χ0n) is 13.4. The number of nitrogens with zero attached hydrogens (tertiary/aromatic N) is 3. The number of hydrogen-bond acceptors (Lipinski definition) is 6. The minimum atomic E-state index is -0.273. The van der Waals surface area contributed by atoms with Crippen LogP contribution >= 0.6 is 0 Å². The van der Waals surface area contributed by atoms with Crippen molar-refractivity contribution in [3.8, 4) is 11.4 Å². The molecule has 3 rings (SSSR count). The second-order valence-electron chi connectivity index (χ2n) is 5.86. The number of benzene rings is 1. The van der Waals surface area contributed by atoms with Gasteiger partial charge in [-0.2, -0.15) is 4.98 Å². The largest absolute Gasteiger partial charge is 0.374 e. The van der Waals surface area contributed by atoms with Crippen LogP contribution in [0.3, 0.4) is 0 Å². The molecule has 0 saturated carbocycles. The highest BCUT2D eigenvalue weighted by Crippen LogP contribution is 2.18. The molecule has 23 heavy (non-hydrogen) atoms. The fourth-order valence-electron chi connectivity index (χ4n) is 2.51. The van der Waals surface area contributed by atoms with Crippen LogP contribution < -0.4 is 5.32 Å². The number of morpholine rings is 1. The number of aryl methyl sites for hydroxylation is 1. The van der Waals surface area contributed by atoms with Crippen LogP contribution in [0, 0.1) is 12.7 Å². The van der Waals surface area contributed by atoms with Gasteiger partial charge in [-0.05, 0) is 25.6 Å². The van der Waals surface area contributed by atoms with E-state index in [0.29, 0.717) is 29.4 Å². The number of halogens is 1. The lowest BCUT2D eigenvalue weighted by Gasteiger charge is -2.30. The fraction of sp³-hybridized carbons (Fsp3) is 0.500. The van der Waals surface area contributed by atoms with Gasteiger partial charge in [-0.25, -0.2) is 4.39 Å². The van der Waals surface area contributed by atoms with Gasteiger partial charge in [0.25, 0.3) is 0 Å². The lowest BCUT2D eigenvalue weighted by atomic mass is 10.1. The van der Waals surface area contributed by atoms with Gasteiger partial charge >= 0.3 is 0 Å². The van der Waals surface area contributed by atoms with Gasteiger partial charge < -0.3 is 19.5 Å². The number of likely N-dealkylation sites (N-methyl/N-ethyl adjacent to an activating group) is 1. The highest BCUT2D eigenvalue weighted by molar-refractivity contribution is 5.54. The average Bonchev–Trinajstić information content (AvgIpc) is 2.99. The molecule has 1 N–H and O–H groups in total. The summed E-state index contributed by atoms with van der Waals surface area (Å²) in [4.78, 5) is 6.53. The summed E-state index contributed by atoms with van der Waals surface area (Å²) in [5, 5.41) is 7.16. The number of ether oxygens (including phenoxy) is 1. The SMILES string of the molecule is Cc1ccc(-c2noc(CNC[C@@H]3CN(C)CCO3)n2)cc1F. The molecule has 2 aromatic rings. The van der Waals surface area contributed by atoms with E-state index in [1.165, 1.54) is 6.07 Å². The lowest BCUT2D eigenvalue weighted by Crippen LogP contribution is -2.44. The van der Waals surface area contributed by atoms with Crippen LogP contribution in [0.1, 0.15) is 11.5 Å². The normalized spacial score (nSPS) is 19.2. The van der Waals surface area contributed by atoms with Gasteiger partial charge in [0.05, 0.1) is 19.3 Å². The highest BCUT2D eigenvalue weighted by Gasteiger charge is 2.17. The Balaban J connectivity index is 1.54. The molecule has 1 aliphatic rings. The van der Waals surface area contributed by atoms with Crippen molar-refractivity contribution in [3.05, 3.63) is 35.5 Å². The van der Waals surface area contributed by atoms with E-state index < -0.39 is 0 Å². The van der Waals surface area contributed by atoms with Crippen molar-refractivity contribution < 1.29 is 13.7 Å². The second kappa shape index (κ2) is 7.16. The van der Waals surface area contributed by atoms with Crippen LogP contribution in [-0.4, -0.2) is 54.4 Å². The van der Waals surface area contributed by atoms with Crippen molar-refractivity contribution >= 4 is 0 Å². The minimum absolute atomic E-state index is 0.169. The van der Waals surface area contributed by atoms with Crippen LogP contribution in [0.5, 0.6) is 0 Å². The third-order valence-electron chi connectivity index (χ3n) is 3.89. The van der Waals surface area contributed by atoms with Crippen molar-refractivity contribution in [2.75, 3.05) is 33.3 Å². The average molecular weight is 320 g/mol. The van der Waals surface area contributed by atoms with Crippen LogP contribution in [-0.2, 0) is 11.3 Å². The first-order valence-electron chi connectivity index (χ1n) is 7.72. The van der Waals surface area contributed by atoms with Gasteiger partial charge in [0, 0.05) is 25.2 Å². The molecule has 1 aromatic carbocycles. The molecule has 124 valence electrons. The van der Waals surface area contributed by atoms with Crippen molar-refractivity contribution in [2.45, 2.75) is 19.6 Å². The predicted octanol–water partition coefficient (Wildman–Crippen LogP) is 1.60. The Kier molecular flexibility index (Phi) is 5.00. The maximum atomic E-state index is 13.6. The van der Waals surface area contributed by atoms with E-state index in [0.717, 1.165) is 26.2 Å². The van der Waals surface area contributed by atoms with Gasteiger partial charge in [0.15, 0.2) is 0 Å². The third-order valence-corrected chi connectivity index (χ3v) is 3.89. The highest BCUT2D eigenvalue weighted by atomic mass is 19.1. The summed E-state index contributed by atoms with van der Waals surface area (Å²) in [5.74, 6) is 0.602. The Bertz CT molecular complexity index is 661. The van der Waals surface area contributed by atoms with E-state index >= 15 is 0 Å². The molecule has 1 fully saturated rings. The van der Waals surface area contributed by atoms with Gasteiger partial charge in [-0.15, -0.1) is 0 Å². The summed E-state index contributed by atoms with van der Waals surface area (Å²) in [6, 6.07) is 4.91. The van der Waals surface area contributed by atoms with Crippen molar-refractivity contribution in [1.29, 1.82) is 0 Å². The Morgan fingerprint density at radius 3 is 3.09 bits per heavy atom. The fourth-order valence-corrected chi connectivity index (χ4v) is 2.51. The van der Waals surface area contributed by atoms with Crippen LogP contribution in [0.2, 0.25) is 0 Å². The summed E-state index contributed by atoms with van der Waals surface area (Å²) in [7, 11) is 2.08. The van der Waals surface area contributed by atoms with Gasteiger partial charge in [0.1, 0.15) is 5.82 Å². The summed E-state index contributed by atoms with van der Waals surface area (Å²) in [6.07, 6.45) is 0.169. The van der Waals surface area contributed by atoms with Gasteiger partial charge in [-0.3, -0.25) is 0 Å². The quantitative estimate of drug-likeness (QED) is 0.903. The van der Waals surface area contributed by atoms with E-state index in [-0.39, 0.29) is 11.9 Å². The van der Waals surface area contributed by atoms with E-state index in [1.807, 2.05) is 0 Å². The molecule has 2 heterocycles. The Labute approximate surface area is 134 Å². The molecule has 1 aromatic heterocycles. The topological polar surface area (TPSA) is 63.4 Å². The number of hydrogen-bond donors (Lipinski definition) is 1. The number of rotatable bonds is 5. The molecule has 6 nitrogen and oxygen atoms in total. The molecule has 0 spiro atoms.